The average molecular weight is 260 g/mol. The zero-order valence-electron chi connectivity index (χ0n) is 9.62. The molecule has 0 saturated carbocycles. The second-order valence-electron chi connectivity index (χ2n) is 4.51. The van der Waals surface area contributed by atoms with Crippen molar-refractivity contribution in [2.45, 2.75) is 13.8 Å². The Bertz CT molecular complexity index is 428. The molecular weight excluding hydrogens is 246 g/mol. The zero-order valence-corrected chi connectivity index (χ0v) is 10.4. The number of nitrogens with zero attached hydrogens (tertiary/aromatic N) is 1. The molecule has 2 N–H and O–H groups in total. The van der Waals surface area contributed by atoms with Gasteiger partial charge < -0.3 is 10.3 Å². The normalized spacial score (nSPS) is 11.2. The molecule has 17 heavy (non-hydrogen) atoms. The summed E-state index contributed by atoms with van der Waals surface area (Å²) in [4.78, 5) is 24.1. The van der Waals surface area contributed by atoms with Gasteiger partial charge in [0.15, 0.2) is 0 Å². The predicted molar refractivity (Wildman–Crippen MR) is 64.3 cm³/mol. The Morgan fingerprint density at radius 1 is 1.65 bits per heavy atom. The highest BCUT2D eigenvalue weighted by atomic mass is 35.5. The number of nitro groups is 1. The van der Waals surface area contributed by atoms with Crippen molar-refractivity contribution in [2.75, 3.05) is 12.4 Å². The first-order chi connectivity index (χ1) is 7.85. The number of carbonyl (C=O) groups excluding carboxylic acids is 1. The molecule has 1 aromatic rings. The van der Waals surface area contributed by atoms with E-state index in [0.29, 0.717) is 12.4 Å². The van der Waals surface area contributed by atoms with Crippen molar-refractivity contribution < 1.29 is 9.72 Å². The van der Waals surface area contributed by atoms with E-state index in [9.17, 15) is 14.9 Å². The van der Waals surface area contributed by atoms with E-state index < -0.39 is 4.92 Å². The molecule has 0 atom stereocenters. The van der Waals surface area contributed by atoms with Crippen LogP contribution in [0.1, 0.15) is 24.3 Å². The van der Waals surface area contributed by atoms with Crippen LogP contribution in [0.4, 0.5) is 5.69 Å². The SMILES string of the molecule is CC(C)(CCl)CNC(=O)c1cc([N+](=O)[O-])c[nH]1. The fraction of sp³-hybridized carbons (Fsp3) is 0.500. The van der Waals surface area contributed by atoms with Crippen molar-refractivity contribution in [2.24, 2.45) is 5.41 Å². The number of hydrogen-bond acceptors (Lipinski definition) is 3. The molecule has 0 aliphatic heterocycles. The van der Waals surface area contributed by atoms with Crippen molar-refractivity contribution >= 4 is 23.2 Å². The van der Waals surface area contributed by atoms with E-state index in [2.05, 4.69) is 10.3 Å². The standard InChI is InChI=1S/C10H14ClN3O3/c1-10(2,5-11)6-13-9(15)8-3-7(4-12-8)14(16)17/h3-4,12H,5-6H2,1-2H3,(H,13,15). The summed E-state index contributed by atoms with van der Waals surface area (Å²) in [5.41, 5.74) is -0.177. The summed E-state index contributed by atoms with van der Waals surface area (Å²) in [6.07, 6.45) is 1.18. The van der Waals surface area contributed by atoms with Gasteiger partial charge in [-0.2, -0.15) is 0 Å². The summed E-state index contributed by atoms with van der Waals surface area (Å²) in [6, 6.07) is 1.20. The van der Waals surface area contributed by atoms with Gasteiger partial charge in [0, 0.05) is 18.5 Å². The third-order valence-corrected chi connectivity index (χ3v) is 2.94. The Hall–Kier alpha value is -1.56. The van der Waals surface area contributed by atoms with Crippen LogP contribution in [-0.2, 0) is 0 Å². The van der Waals surface area contributed by atoms with Crippen LogP contribution in [0.15, 0.2) is 12.3 Å². The summed E-state index contributed by atoms with van der Waals surface area (Å²) in [5, 5.41) is 13.1. The quantitative estimate of drug-likeness (QED) is 0.481. The first-order valence-electron chi connectivity index (χ1n) is 5.03. The Kier molecular flexibility index (Phi) is 4.11. The smallest absolute Gasteiger partial charge is 0.287 e. The van der Waals surface area contributed by atoms with Crippen molar-refractivity contribution in [3.63, 3.8) is 0 Å². The number of carbonyl (C=O) groups is 1. The van der Waals surface area contributed by atoms with Crippen LogP contribution in [0.3, 0.4) is 0 Å². The van der Waals surface area contributed by atoms with E-state index >= 15 is 0 Å². The minimum absolute atomic E-state index is 0.133. The number of aromatic nitrogens is 1. The molecule has 0 aromatic carbocycles. The lowest BCUT2D eigenvalue weighted by Gasteiger charge is -2.21. The van der Waals surface area contributed by atoms with Gasteiger partial charge >= 0.3 is 0 Å². The van der Waals surface area contributed by atoms with Gasteiger partial charge in [0.1, 0.15) is 5.69 Å². The van der Waals surface area contributed by atoms with E-state index in [4.69, 9.17) is 11.6 Å². The van der Waals surface area contributed by atoms with Gasteiger partial charge in [-0.3, -0.25) is 14.9 Å². The minimum atomic E-state index is -0.560. The van der Waals surface area contributed by atoms with Crippen LogP contribution in [0.25, 0.3) is 0 Å². The van der Waals surface area contributed by atoms with Crippen molar-refractivity contribution in [3.8, 4) is 0 Å². The molecule has 0 saturated heterocycles. The van der Waals surface area contributed by atoms with Crippen molar-refractivity contribution in [1.29, 1.82) is 0 Å². The maximum atomic E-state index is 11.6. The molecule has 1 heterocycles. The third-order valence-electron chi connectivity index (χ3n) is 2.21. The zero-order chi connectivity index (χ0) is 13.1. The Morgan fingerprint density at radius 3 is 2.76 bits per heavy atom. The van der Waals surface area contributed by atoms with E-state index in [1.807, 2.05) is 13.8 Å². The highest BCUT2D eigenvalue weighted by molar-refractivity contribution is 6.18. The number of halogens is 1. The Morgan fingerprint density at radius 2 is 2.29 bits per heavy atom. The highest BCUT2D eigenvalue weighted by Gasteiger charge is 2.19. The molecule has 6 nitrogen and oxygen atoms in total. The van der Waals surface area contributed by atoms with Gasteiger partial charge in [-0.05, 0) is 5.41 Å². The molecule has 0 bridgehead atoms. The van der Waals surface area contributed by atoms with Gasteiger partial charge in [0.2, 0.25) is 0 Å². The van der Waals surface area contributed by atoms with Gasteiger partial charge in [0.05, 0.1) is 11.1 Å². The number of nitrogens with one attached hydrogen (secondary N) is 2. The van der Waals surface area contributed by atoms with Crippen molar-refractivity contribution in [1.82, 2.24) is 10.3 Å². The molecule has 94 valence electrons. The van der Waals surface area contributed by atoms with Gasteiger partial charge in [-0.1, -0.05) is 13.8 Å². The van der Waals surface area contributed by atoms with E-state index in [1.165, 1.54) is 12.3 Å². The second-order valence-corrected chi connectivity index (χ2v) is 4.78. The summed E-state index contributed by atoms with van der Waals surface area (Å²) < 4.78 is 0. The molecule has 0 aliphatic carbocycles. The number of H-pyrrole nitrogens is 1. The summed E-state index contributed by atoms with van der Waals surface area (Å²) in [7, 11) is 0. The monoisotopic (exact) mass is 259 g/mol. The number of aromatic amines is 1. The van der Waals surface area contributed by atoms with E-state index in [1.54, 1.807) is 0 Å². The summed E-state index contributed by atoms with van der Waals surface area (Å²) >= 11 is 5.72. The Balaban J connectivity index is 2.61. The maximum Gasteiger partial charge on any atom is 0.287 e. The number of amides is 1. The van der Waals surface area contributed by atoms with Crippen LogP contribution in [0.2, 0.25) is 0 Å². The molecule has 1 amide bonds. The highest BCUT2D eigenvalue weighted by Crippen LogP contribution is 2.16. The minimum Gasteiger partial charge on any atom is -0.351 e. The number of rotatable bonds is 5. The summed E-state index contributed by atoms with van der Waals surface area (Å²) in [6.45, 7) is 4.23. The fourth-order valence-corrected chi connectivity index (χ4v) is 1.18. The van der Waals surface area contributed by atoms with Crippen LogP contribution < -0.4 is 5.32 Å². The molecular formula is C10H14ClN3O3. The van der Waals surface area contributed by atoms with Gasteiger partial charge in [-0.15, -0.1) is 11.6 Å². The lowest BCUT2D eigenvalue weighted by Crippen LogP contribution is -2.35. The molecule has 0 aliphatic rings. The molecule has 7 heteroatoms. The molecule has 1 rings (SSSR count). The van der Waals surface area contributed by atoms with Crippen molar-refractivity contribution in [3.05, 3.63) is 28.1 Å². The van der Waals surface area contributed by atoms with Gasteiger partial charge in [-0.25, -0.2) is 0 Å². The van der Waals surface area contributed by atoms with E-state index in [0.717, 1.165) is 0 Å². The molecule has 0 unspecified atom stereocenters. The first-order valence-corrected chi connectivity index (χ1v) is 5.56. The first kappa shape index (κ1) is 13.5. The predicted octanol–water partition coefficient (Wildman–Crippen LogP) is 1.92. The third kappa shape index (κ3) is 3.74. The van der Waals surface area contributed by atoms with Gasteiger partial charge in [0.25, 0.3) is 11.6 Å². The number of hydrogen-bond donors (Lipinski definition) is 2. The molecule has 0 spiro atoms. The second kappa shape index (κ2) is 5.18. The van der Waals surface area contributed by atoms with Crippen LogP contribution >= 0.6 is 11.6 Å². The summed E-state index contributed by atoms with van der Waals surface area (Å²) in [5.74, 6) is 0.0364. The largest absolute Gasteiger partial charge is 0.351 e. The average Bonchev–Trinajstić information content (AvgIpc) is 2.75. The lowest BCUT2D eigenvalue weighted by molar-refractivity contribution is -0.384. The molecule has 1 aromatic heterocycles. The topological polar surface area (TPSA) is 88.0 Å². The fourth-order valence-electron chi connectivity index (χ4n) is 1.08. The van der Waals surface area contributed by atoms with Crippen LogP contribution in [0.5, 0.6) is 0 Å². The van der Waals surface area contributed by atoms with Crippen LogP contribution in [0, 0.1) is 15.5 Å². The maximum absolute atomic E-state index is 11.6. The van der Waals surface area contributed by atoms with E-state index in [-0.39, 0.29) is 22.7 Å². The molecule has 0 fully saturated rings. The van der Waals surface area contributed by atoms with Crippen LogP contribution in [-0.4, -0.2) is 28.2 Å². The Labute approximate surface area is 103 Å². The number of alkyl halides is 1. The molecule has 0 radical (unpaired) electrons. The lowest BCUT2D eigenvalue weighted by atomic mass is 9.96.